The van der Waals surface area contributed by atoms with Gasteiger partial charge in [0, 0.05) is 36.7 Å². The minimum absolute atomic E-state index is 0.0468. The Morgan fingerprint density at radius 3 is 2.81 bits per heavy atom. The lowest BCUT2D eigenvalue weighted by atomic mass is 10.1. The second kappa shape index (κ2) is 6.46. The van der Waals surface area contributed by atoms with Gasteiger partial charge >= 0.3 is 0 Å². The number of benzene rings is 2. The van der Waals surface area contributed by atoms with E-state index in [1.807, 2.05) is 50.1 Å². The van der Waals surface area contributed by atoms with E-state index in [0.29, 0.717) is 29.9 Å². The maximum Gasteiger partial charge on any atom is 0.255 e. The van der Waals surface area contributed by atoms with Gasteiger partial charge in [0.05, 0.1) is 11.4 Å². The zero-order chi connectivity index (χ0) is 19.1. The fourth-order valence-electron chi connectivity index (χ4n) is 3.34. The molecule has 2 N–H and O–H groups in total. The van der Waals surface area contributed by atoms with Crippen molar-refractivity contribution in [1.82, 2.24) is 0 Å². The molecule has 0 spiro atoms. The van der Waals surface area contributed by atoms with E-state index in [9.17, 15) is 9.59 Å². The maximum absolute atomic E-state index is 12.7. The highest BCUT2D eigenvalue weighted by atomic mass is 16.3. The van der Waals surface area contributed by atoms with Gasteiger partial charge in [-0.05, 0) is 55.8 Å². The Balaban J connectivity index is 1.62. The molecule has 6 nitrogen and oxygen atoms in total. The van der Waals surface area contributed by atoms with Crippen LogP contribution >= 0.6 is 0 Å². The van der Waals surface area contributed by atoms with Crippen LogP contribution < -0.4 is 15.5 Å². The minimum Gasteiger partial charge on any atom is -0.461 e. The van der Waals surface area contributed by atoms with Gasteiger partial charge in [0.2, 0.25) is 5.91 Å². The quantitative estimate of drug-likeness (QED) is 0.719. The Morgan fingerprint density at radius 2 is 2.00 bits per heavy atom. The summed E-state index contributed by atoms with van der Waals surface area (Å²) in [4.78, 5) is 26.6. The summed E-state index contributed by atoms with van der Waals surface area (Å²) in [6.45, 7) is 4.57. The predicted molar refractivity (Wildman–Crippen MR) is 107 cm³/mol. The molecular weight excluding hydrogens is 342 g/mol. The molecule has 27 heavy (non-hydrogen) atoms. The van der Waals surface area contributed by atoms with Gasteiger partial charge in [-0.1, -0.05) is 0 Å². The van der Waals surface area contributed by atoms with Crippen LogP contribution in [-0.2, 0) is 4.79 Å². The predicted octanol–water partition coefficient (Wildman–Crippen LogP) is 4.08. The van der Waals surface area contributed by atoms with Crippen molar-refractivity contribution in [2.75, 3.05) is 29.1 Å². The molecule has 138 valence electrons. The summed E-state index contributed by atoms with van der Waals surface area (Å²) in [6, 6.07) is 10.9. The largest absolute Gasteiger partial charge is 0.461 e. The molecule has 1 aliphatic rings. The van der Waals surface area contributed by atoms with Crippen molar-refractivity contribution < 1.29 is 14.0 Å². The van der Waals surface area contributed by atoms with Gasteiger partial charge in [-0.2, -0.15) is 0 Å². The standard InChI is InChI=1S/C21H21N3O3/c1-12-13(2)27-19-7-5-15(11-16(12)19)22-21(26)14-4-6-18-17(10-14)23-20(25)8-9-24(18)3/h4-7,10-11H,8-9H2,1-3H3,(H,22,26)(H,23,25). The van der Waals surface area contributed by atoms with Crippen molar-refractivity contribution in [1.29, 1.82) is 0 Å². The Bertz CT molecular complexity index is 1070. The van der Waals surface area contributed by atoms with Gasteiger partial charge in [-0.25, -0.2) is 0 Å². The number of fused-ring (bicyclic) bond motifs is 2. The summed E-state index contributed by atoms with van der Waals surface area (Å²) in [6.07, 6.45) is 0.427. The van der Waals surface area contributed by atoms with Crippen LogP contribution in [0.15, 0.2) is 40.8 Å². The van der Waals surface area contributed by atoms with Gasteiger partial charge in [0.15, 0.2) is 0 Å². The zero-order valence-electron chi connectivity index (χ0n) is 15.6. The Morgan fingerprint density at radius 1 is 1.19 bits per heavy atom. The highest BCUT2D eigenvalue weighted by Gasteiger charge is 2.18. The van der Waals surface area contributed by atoms with Crippen LogP contribution in [0.3, 0.4) is 0 Å². The lowest BCUT2D eigenvalue weighted by molar-refractivity contribution is -0.115. The number of aryl methyl sites for hydroxylation is 2. The smallest absolute Gasteiger partial charge is 0.255 e. The molecule has 4 rings (SSSR count). The molecule has 6 heteroatoms. The summed E-state index contributed by atoms with van der Waals surface area (Å²) in [7, 11) is 1.93. The molecule has 3 aromatic rings. The Hall–Kier alpha value is -3.28. The SMILES string of the molecule is Cc1oc2ccc(NC(=O)c3ccc4c(c3)NC(=O)CCN4C)cc2c1C. The van der Waals surface area contributed by atoms with Crippen LogP contribution in [-0.4, -0.2) is 25.4 Å². The Kier molecular flexibility index (Phi) is 4.11. The first-order chi connectivity index (χ1) is 12.9. The van der Waals surface area contributed by atoms with Crippen molar-refractivity contribution in [3.8, 4) is 0 Å². The van der Waals surface area contributed by atoms with Crippen molar-refractivity contribution in [3.63, 3.8) is 0 Å². The van der Waals surface area contributed by atoms with E-state index in [1.54, 1.807) is 12.1 Å². The van der Waals surface area contributed by atoms with E-state index in [4.69, 9.17) is 4.42 Å². The lowest BCUT2D eigenvalue weighted by Crippen LogP contribution is -2.18. The van der Waals surface area contributed by atoms with Crippen LogP contribution in [0.25, 0.3) is 11.0 Å². The van der Waals surface area contributed by atoms with Crippen LogP contribution in [0, 0.1) is 13.8 Å². The number of rotatable bonds is 2. The molecular formula is C21H21N3O3. The number of hydrogen-bond donors (Lipinski definition) is 2. The van der Waals surface area contributed by atoms with Crippen LogP contribution in [0.5, 0.6) is 0 Å². The van der Waals surface area contributed by atoms with Crippen LogP contribution in [0.4, 0.5) is 17.1 Å². The van der Waals surface area contributed by atoms with Gasteiger partial charge in [-0.15, -0.1) is 0 Å². The topological polar surface area (TPSA) is 74.6 Å². The average molecular weight is 363 g/mol. The van der Waals surface area contributed by atoms with Crippen molar-refractivity contribution in [2.24, 2.45) is 0 Å². The monoisotopic (exact) mass is 363 g/mol. The molecule has 0 fully saturated rings. The van der Waals surface area contributed by atoms with E-state index in [-0.39, 0.29) is 11.8 Å². The molecule has 0 saturated carbocycles. The third-order valence-electron chi connectivity index (χ3n) is 5.05. The fraction of sp³-hybridized carbons (Fsp3) is 0.238. The van der Waals surface area contributed by atoms with Crippen molar-refractivity contribution in [3.05, 3.63) is 53.3 Å². The molecule has 0 saturated heterocycles. The first kappa shape index (κ1) is 17.1. The molecule has 1 aromatic heterocycles. The first-order valence-electron chi connectivity index (χ1n) is 8.88. The number of furan rings is 1. The van der Waals surface area contributed by atoms with Crippen molar-refractivity contribution in [2.45, 2.75) is 20.3 Å². The van der Waals surface area contributed by atoms with E-state index in [0.717, 1.165) is 28.0 Å². The average Bonchev–Trinajstić information content (AvgIpc) is 2.84. The van der Waals surface area contributed by atoms with Gasteiger partial charge in [-0.3, -0.25) is 9.59 Å². The number of carbonyl (C=O) groups is 2. The molecule has 0 bridgehead atoms. The molecule has 0 unspecified atom stereocenters. The number of nitrogens with zero attached hydrogens (tertiary/aromatic N) is 1. The number of carbonyl (C=O) groups excluding carboxylic acids is 2. The molecule has 2 aromatic carbocycles. The third kappa shape index (κ3) is 3.14. The lowest BCUT2D eigenvalue weighted by Gasteiger charge is -2.18. The molecule has 2 heterocycles. The number of anilines is 3. The fourth-order valence-corrected chi connectivity index (χ4v) is 3.34. The molecule has 2 amide bonds. The summed E-state index contributed by atoms with van der Waals surface area (Å²) >= 11 is 0. The number of hydrogen-bond acceptors (Lipinski definition) is 4. The van der Waals surface area contributed by atoms with Gasteiger partial charge in [0.25, 0.3) is 5.91 Å². The van der Waals surface area contributed by atoms with Gasteiger partial charge < -0.3 is 20.0 Å². The first-order valence-corrected chi connectivity index (χ1v) is 8.88. The molecule has 1 aliphatic heterocycles. The second-order valence-electron chi connectivity index (χ2n) is 6.90. The summed E-state index contributed by atoms with van der Waals surface area (Å²) < 4.78 is 5.68. The number of amides is 2. The summed E-state index contributed by atoms with van der Waals surface area (Å²) in [5, 5.41) is 6.79. The zero-order valence-corrected chi connectivity index (χ0v) is 15.6. The second-order valence-corrected chi connectivity index (χ2v) is 6.90. The highest BCUT2D eigenvalue weighted by molar-refractivity contribution is 6.07. The van der Waals surface area contributed by atoms with E-state index >= 15 is 0 Å². The van der Waals surface area contributed by atoms with E-state index in [2.05, 4.69) is 10.6 Å². The third-order valence-corrected chi connectivity index (χ3v) is 5.05. The van der Waals surface area contributed by atoms with Crippen LogP contribution in [0.1, 0.15) is 28.1 Å². The van der Waals surface area contributed by atoms with Crippen molar-refractivity contribution >= 4 is 39.8 Å². The van der Waals surface area contributed by atoms with Gasteiger partial charge in [0.1, 0.15) is 11.3 Å². The maximum atomic E-state index is 12.7. The number of nitrogens with one attached hydrogen (secondary N) is 2. The van der Waals surface area contributed by atoms with Crippen LogP contribution in [0.2, 0.25) is 0 Å². The summed E-state index contributed by atoms with van der Waals surface area (Å²) in [5.74, 6) is 0.602. The summed E-state index contributed by atoms with van der Waals surface area (Å²) in [5.41, 5.74) is 4.63. The molecule has 0 atom stereocenters. The Labute approximate surface area is 157 Å². The minimum atomic E-state index is -0.226. The highest BCUT2D eigenvalue weighted by Crippen LogP contribution is 2.30. The van der Waals surface area contributed by atoms with E-state index < -0.39 is 0 Å². The van der Waals surface area contributed by atoms with E-state index in [1.165, 1.54) is 0 Å². The molecule has 0 aliphatic carbocycles. The normalized spacial score (nSPS) is 13.9. The molecule has 0 radical (unpaired) electrons.